The molecule has 0 radical (unpaired) electrons. The molecule has 1 N–H and O–H groups in total. The van der Waals surface area contributed by atoms with Crippen molar-refractivity contribution in [3.63, 3.8) is 0 Å². The van der Waals surface area contributed by atoms with Gasteiger partial charge in [-0.15, -0.1) is 0 Å². The van der Waals surface area contributed by atoms with E-state index in [-0.39, 0.29) is 5.41 Å². The molecule has 0 bridgehead atoms. The Bertz CT molecular complexity index is 313. The van der Waals surface area contributed by atoms with E-state index < -0.39 is 0 Å². The Hall–Kier alpha value is -0.820. The molecule has 0 spiro atoms. The highest BCUT2D eigenvalue weighted by atomic mass is 14.8. The predicted octanol–water partition coefficient (Wildman–Crippen LogP) is 2.80. The average molecular weight is 191 g/mol. The maximum Gasteiger partial charge on any atom is 0.00402 e. The van der Waals surface area contributed by atoms with Crippen molar-refractivity contribution in [3.8, 4) is 0 Å². The van der Waals surface area contributed by atoms with Crippen LogP contribution in [0.5, 0.6) is 0 Å². The molecule has 0 saturated carbocycles. The minimum atomic E-state index is 0.213. The van der Waals surface area contributed by atoms with Gasteiger partial charge in [-0.1, -0.05) is 37.6 Å². The molecule has 0 atom stereocenters. The van der Waals surface area contributed by atoms with Crippen LogP contribution in [-0.4, -0.2) is 13.6 Å². The Balaban J connectivity index is 3.10. The van der Waals surface area contributed by atoms with Crippen molar-refractivity contribution in [1.82, 2.24) is 5.32 Å². The lowest BCUT2D eigenvalue weighted by molar-refractivity contribution is 0.491. The standard InChI is InChI=1S/C13H21N/c1-10-6-7-11(2)12(8-10)13(3,4)9-14-5/h6-8,14H,9H2,1-5H3. The first-order chi connectivity index (χ1) is 6.47. The van der Waals surface area contributed by atoms with Crippen LogP contribution in [0.15, 0.2) is 18.2 Å². The molecule has 0 saturated heterocycles. The van der Waals surface area contributed by atoms with Crippen molar-refractivity contribution >= 4 is 0 Å². The second kappa shape index (κ2) is 4.14. The SMILES string of the molecule is CNCC(C)(C)c1cc(C)ccc1C. The van der Waals surface area contributed by atoms with Gasteiger partial charge < -0.3 is 5.32 Å². The van der Waals surface area contributed by atoms with Crippen molar-refractivity contribution in [2.45, 2.75) is 33.1 Å². The summed E-state index contributed by atoms with van der Waals surface area (Å²) in [5.41, 5.74) is 4.39. The fourth-order valence-corrected chi connectivity index (χ4v) is 2.00. The molecule has 1 heteroatoms. The summed E-state index contributed by atoms with van der Waals surface area (Å²) >= 11 is 0. The van der Waals surface area contributed by atoms with E-state index in [9.17, 15) is 0 Å². The highest BCUT2D eigenvalue weighted by molar-refractivity contribution is 5.36. The first kappa shape index (κ1) is 11.3. The van der Waals surface area contributed by atoms with Crippen LogP contribution < -0.4 is 5.32 Å². The van der Waals surface area contributed by atoms with Gasteiger partial charge in [-0.05, 0) is 32.0 Å². The maximum atomic E-state index is 3.25. The van der Waals surface area contributed by atoms with Gasteiger partial charge >= 0.3 is 0 Å². The van der Waals surface area contributed by atoms with Crippen molar-refractivity contribution < 1.29 is 0 Å². The lowest BCUT2D eigenvalue weighted by Gasteiger charge is -2.27. The molecule has 0 unspecified atom stereocenters. The van der Waals surface area contributed by atoms with E-state index in [4.69, 9.17) is 0 Å². The van der Waals surface area contributed by atoms with Crippen LogP contribution in [0.25, 0.3) is 0 Å². The summed E-state index contributed by atoms with van der Waals surface area (Å²) < 4.78 is 0. The molecule has 1 aromatic rings. The molecule has 0 aromatic heterocycles. The Kier molecular flexibility index (Phi) is 3.33. The van der Waals surface area contributed by atoms with Gasteiger partial charge in [0.25, 0.3) is 0 Å². The molecule has 78 valence electrons. The lowest BCUT2D eigenvalue weighted by atomic mass is 9.81. The van der Waals surface area contributed by atoms with E-state index in [2.05, 4.69) is 51.2 Å². The van der Waals surface area contributed by atoms with Crippen LogP contribution >= 0.6 is 0 Å². The minimum Gasteiger partial charge on any atom is -0.319 e. The van der Waals surface area contributed by atoms with E-state index >= 15 is 0 Å². The molecule has 0 aliphatic rings. The number of benzene rings is 1. The minimum absolute atomic E-state index is 0.213. The summed E-state index contributed by atoms with van der Waals surface area (Å²) in [6.45, 7) is 9.92. The maximum absolute atomic E-state index is 3.25. The zero-order valence-electron chi connectivity index (χ0n) is 9.94. The van der Waals surface area contributed by atoms with E-state index in [0.29, 0.717) is 0 Å². The fraction of sp³-hybridized carbons (Fsp3) is 0.538. The molecular weight excluding hydrogens is 170 g/mol. The third kappa shape index (κ3) is 2.36. The number of nitrogens with one attached hydrogen (secondary N) is 1. The highest BCUT2D eigenvalue weighted by Gasteiger charge is 2.21. The molecule has 0 fully saturated rings. The summed E-state index contributed by atoms with van der Waals surface area (Å²) in [7, 11) is 2.01. The Morgan fingerprint density at radius 2 is 1.86 bits per heavy atom. The third-order valence-corrected chi connectivity index (χ3v) is 2.74. The van der Waals surface area contributed by atoms with E-state index in [1.54, 1.807) is 0 Å². The number of likely N-dealkylation sites (N-methyl/N-ethyl adjacent to an activating group) is 1. The molecule has 1 nitrogen and oxygen atoms in total. The molecule has 1 rings (SSSR count). The molecule has 0 amide bonds. The predicted molar refractivity (Wildman–Crippen MR) is 62.9 cm³/mol. The topological polar surface area (TPSA) is 12.0 Å². The Morgan fingerprint density at radius 1 is 1.21 bits per heavy atom. The third-order valence-electron chi connectivity index (χ3n) is 2.74. The highest BCUT2D eigenvalue weighted by Crippen LogP contribution is 2.26. The fourth-order valence-electron chi connectivity index (χ4n) is 2.00. The largest absolute Gasteiger partial charge is 0.319 e. The zero-order chi connectivity index (χ0) is 10.8. The smallest absolute Gasteiger partial charge is 0.00402 e. The number of hydrogen-bond donors (Lipinski definition) is 1. The summed E-state index contributed by atoms with van der Waals surface area (Å²) in [5, 5.41) is 3.25. The van der Waals surface area contributed by atoms with Crippen LogP contribution in [0, 0.1) is 13.8 Å². The van der Waals surface area contributed by atoms with Crippen LogP contribution in [0.2, 0.25) is 0 Å². The van der Waals surface area contributed by atoms with Gasteiger partial charge in [0, 0.05) is 12.0 Å². The second-order valence-corrected chi connectivity index (χ2v) is 4.73. The molecule has 14 heavy (non-hydrogen) atoms. The molecule has 0 aliphatic carbocycles. The van der Waals surface area contributed by atoms with Gasteiger partial charge in [0.05, 0.1) is 0 Å². The van der Waals surface area contributed by atoms with Gasteiger partial charge in [-0.25, -0.2) is 0 Å². The van der Waals surface area contributed by atoms with Crippen LogP contribution in [0.3, 0.4) is 0 Å². The lowest BCUT2D eigenvalue weighted by Crippen LogP contribution is -2.31. The Labute approximate surface area is 87.5 Å². The van der Waals surface area contributed by atoms with Crippen LogP contribution in [-0.2, 0) is 5.41 Å². The number of rotatable bonds is 3. The second-order valence-electron chi connectivity index (χ2n) is 4.73. The van der Waals surface area contributed by atoms with Gasteiger partial charge in [0.2, 0.25) is 0 Å². The van der Waals surface area contributed by atoms with Gasteiger partial charge in [0.1, 0.15) is 0 Å². The van der Waals surface area contributed by atoms with Crippen LogP contribution in [0.1, 0.15) is 30.5 Å². The monoisotopic (exact) mass is 191 g/mol. The summed E-state index contributed by atoms with van der Waals surface area (Å²) in [6, 6.07) is 6.68. The Morgan fingerprint density at radius 3 is 2.43 bits per heavy atom. The van der Waals surface area contributed by atoms with Crippen molar-refractivity contribution in [1.29, 1.82) is 0 Å². The van der Waals surface area contributed by atoms with Gasteiger partial charge in [-0.2, -0.15) is 0 Å². The van der Waals surface area contributed by atoms with E-state index in [1.807, 2.05) is 7.05 Å². The van der Waals surface area contributed by atoms with Crippen molar-refractivity contribution in [2.24, 2.45) is 0 Å². The quantitative estimate of drug-likeness (QED) is 0.774. The molecule has 0 aliphatic heterocycles. The zero-order valence-corrected chi connectivity index (χ0v) is 9.94. The van der Waals surface area contributed by atoms with Crippen molar-refractivity contribution in [3.05, 3.63) is 34.9 Å². The first-order valence-corrected chi connectivity index (χ1v) is 5.20. The van der Waals surface area contributed by atoms with Gasteiger partial charge in [-0.3, -0.25) is 0 Å². The molecule has 0 heterocycles. The number of aryl methyl sites for hydroxylation is 2. The average Bonchev–Trinajstić information content (AvgIpc) is 2.09. The van der Waals surface area contributed by atoms with E-state index in [1.165, 1.54) is 16.7 Å². The first-order valence-electron chi connectivity index (χ1n) is 5.20. The summed E-state index contributed by atoms with van der Waals surface area (Å²) in [5.74, 6) is 0. The molecular formula is C13H21N. The van der Waals surface area contributed by atoms with Crippen LogP contribution in [0.4, 0.5) is 0 Å². The van der Waals surface area contributed by atoms with Crippen molar-refractivity contribution in [2.75, 3.05) is 13.6 Å². The summed E-state index contributed by atoms with van der Waals surface area (Å²) in [4.78, 5) is 0. The van der Waals surface area contributed by atoms with Gasteiger partial charge in [0.15, 0.2) is 0 Å². The normalized spacial score (nSPS) is 11.8. The summed E-state index contributed by atoms with van der Waals surface area (Å²) in [6.07, 6.45) is 0. The number of hydrogen-bond acceptors (Lipinski definition) is 1. The van der Waals surface area contributed by atoms with E-state index in [0.717, 1.165) is 6.54 Å². The molecule has 1 aromatic carbocycles.